The van der Waals surface area contributed by atoms with Crippen LogP contribution in [0.3, 0.4) is 0 Å². The third kappa shape index (κ3) is 3.72. The molecule has 0 aliphatic heterocycles. The molecule has 1 fully saturated rings. The fraction of sp³-hybridized carbons (Fsp3) is 0.600. The van der Waals surface area contributed by atoms with Crippen molar-refractivity contribution >= 4 is 0 Å². The highest BCUT2D eigenvalue weighted by molar-refractivity contribution is 5.20. The quantitative estimate of drug-likeness (QED) is 0.814. The van der Waals surface area contributed by atoms with Crippen molar-refractivity contribution in [2.45, 2.75) is 44.2 Å². The first-order valence-electron chi connectivity index (χ1n) is 6.68. The van der Waals surface area contributed by atoms with Crippen molar-refractivity contribution in [1.82, 2.24) is 5.32 Å². The summed E-state index contributed by atoms with van der Waals surface area (Å²) < 4.78 is 11.3. The van der Waals surface area contributed by atoms with Gasteiger partial charge >= 0.3 is 0 Å². The van der Waals surface area contributed by atoms with Crippen LogP contribution < -0.4 is 10.1 Å². The molecule has 1 aromatic rings. The maximum absolute atomic E-state index is 5.66. The molecule has 3 heteroatoms. The second-order valence-corrected chi connectivity index (χ2v) is 5.25. The lowest BCUT2D eigenvalue weighted by Crippen LogP contribution is -2.44. The molecule has 1 saturated carbocycles. The molecule has 2 atom stereocenters. The first-order chi connectivity index (χ1) is 8.72. The molecular weight excluding hydrogens is 226 g/mol. The van der Waals surface area contributed by atoms with Crippen LogP contribution in [0, 0.1) is 0 Å². The van der Waals surface area contributed by atoms with Crippen LogP contribution in [-0.2, 0) is 4.74 Å². The number of ether oxygens (including phenoxy) is 2. The molecule has 2 rings (SSSR count). The second-order valence-electron chi connectivity index (χ2n) is 5.25. The zero-order valence-corrected chi connectivity index (χ0v) is 11.3. The molecule has 0 spiro atoms. The van der Waals surface area contributed by atoms with Crippen LogP contribution in [-0.4, -0.2) is 25.5 Å². The number of para-hydroxylation sites is 1. The van der Waals surface area contributed by atoms with Gasteiger partial charge in [-0.05, 0) is 44.7 Å². The molecule has 18 heavy (non-hydrogen) atoms. The standard InChI is InChI=1S/C15H23NO2/c1-15(17-2)10-6-7-13(11-15)16-12-18-14-8-4-3-5-9-14/h3-5,8-9,13,16H,6-7,10-12H2,1-2H3. The van der Waals surface area contributed by atoms with Crippen molar-refractivity contribution in [3.05, 3.63) is 30.3 Å². The zero-order chi connectivity index (χ0) is 12.8. The highest BCUT2D eigenvalue weighted by atomic mass is 16.5. The Kier molecular flexibility index (Phi) is 4.61. The van der Waals surface area contributed by atoms with Crippen LogP contribution in [0.4, 0.5) is 0 Å². The summed E-state index contributed by atoms with van der Waals surface area (Å²) in [5.74, 6) is 0.912. The normalized spacial score (nSPS) is 28.0. The van der Waals surface area contributed by atoms with Crippen LogP contribution in [0.15, 0.2) is 30.3 Å². The van der Waals surface area contributed by atoms with Crippen molar-refractivity contribution < 1.29 is 9.47 Å². The lowest BCUT2D eigenvalue weighted by atomic mass is 9.83. The summed E-state index contributed by atoms with van der Waals surface area (Å²) in [5, 5.41) is 3.46. The van der Waals surface area contributed by atoms with Crippen molar-refractivity contribution in [2.75, 3.05) is 13.8 Å². The molecule has 1 aliphatic rings. The molecule has 0 radical (unpaired) electrons. The van der Waals surface area contributed by atoms with Gasteiger partial charge in [0.05, 0.1) is 5.60 Å². The lowest BCUT2D eigenvalue weighted by Gasteiger charge is -2.37. The Hall–Kier alpha value is -1.06. The van der Waals surface area contributed by atoms with Crippen molar-refractivity contribution in [2.24, 2.45) is 0 Å². The van der Waals surface area contributed by atoms with Gasteiger partial charge in [0.2, 0.25) is 0 Å². The summed E-state index contributed by atoms with van der Waals surface area (Å²) in [6, 6.07) is 10.4. The molecule has 2 unspecified atom stereocenters. The van der Waals surface area contributed by atoms with E-state index < -0.39 is 0 Å². The summed E-state index contributed by atoms with van der Waals surface area (Å²) in [6.45, 7) is 2.76. The van der Waals surface area contributed by atoms with E-state index in [0.717, 1.165) is 18.6 Å². The number of hydrogen-bond donors (Lipinski definition) is 1. The third-order valence-corrected chi connectivity index (χ3v) is 3.78. The maximum Gasteiger partial charge on any atom is 0.139 e. The molecule has 0 bridgehead atoms. The minimum atomic E-state index is 0.0304. The van der Waals surface area contributed by atoms with E-state index in [1.54, 1.807) is 0 Å². The smallest absolute Gasteiger partial charge is 0.139 e. The largest absolute Gasteiger partial charge is 0.478 e. The Labute approximate surface area is 109 Å². The van der Waals surface area contributed by atoms with Gasteiger partial charge in [-0.2, -0.15) is 0 Å². The number of hydrogen-bond acceptors (Lipinski definition) is 3. The minimum absolute atomic E-state index is 0.0304. The van der Waals surface area contributed by atoms with Gasteiger partial charge in [-0.15, -0.1) is 0 Å². The van der Waals surface area contributed by atoms with Crippen molar-refractivity contribution in [3.63, 3.8) is 0 Å². The van der Waals surface area contributed by atoms with Crippen molar-refractivity contribution in [1.29, 1.82) is 0 Å². The summed E-state index contributed by atoms with van der Waals surface area (Å²) >= 11 is 0. The average Bonchev–Trinajstić information content (AvgIpc) is 2.40. The van der Waals surface area contributed by atoms with Crippen LogP contribution in [0.5, 0.6) is 5.75 Å². The predicted octanol–water partition coefficient (Wildman–Crippen LogP) is 2.96. The molecule has 0 amide bonds. The number of benzene rings is 1. The zero-order valence-electron chi connectivity index (χ0n) is 11.3. The molecule has 1 aromatic carbocycles. The first-order valence-corrected chi connectivity index (χ1v) is 6.68. The monoisotopic (exact) mass is 249 g/mol. The Morgan fingerprint density at radius 3 is 2.83 bits per heavy atom. The fourth-order valence-electron chi connectivity index (χ4n) is 2.57. The Morgan fingerprint density at radius 1 is 1.33 bits per heavy atom. The van der Waals surface area contributed by atoms with Gasteiger partial charge < -0.3 is 9.47 Å². The fourth-order valence-corrected chi connectivity index (χ4v) is 2.57. The van der Waals surface area contributed by atoms with Crippen LogP contribution in [0.25, 0.3) is 0 Å². The highest BCUT2D eigenvalue weighted by Gasteiger charge is 2.31. The molecular formula is C15H23NO2. The Balaban J connectivity index is 1.74. The number of methoxy groups -OCH3 is 1. The molecule has 100 valence electrons. The highest BCUT2D eigenvalue weighted by Crippen LogP contribution is 2.30. The van der Waals surface area contributed by atoms with E-state index in [1.165, 1.54) is 12.8 Å². The Bertz CT molecular complexity index is 355. The van der Waals surface area contributed by atoms with Crippen LogP contribution in [0.2, 0.25) is 0 Å². The van der Waals surface area contributed by atoms with E-state index in [1.807, 2.05) is 37.4 Å². The minimum Gasteiger partial charge on any atom is -0.478 e. The SMILES string of the molecule is COC1(C)CCCC(NCOc2ccccc2)C1. The van der Waals surface area contributed by atoms with Crippen LogP contribution >= 0.6 is 0 Å². The third-order valence-electron chi connectivity index (χ3n) is 3.78. The van der Waals surface area contributed by atoms with Gasteiger partial charge in [0.1, 0.15) is 12.5 Å². The summed E-state index contributed by atoms with van der Waals surface area (Å²) in [6.07, 6.45) is 4.63. The van der Waals surface area contributed by atoms with Gasteiger partial charge in [0.25, 0.3) is 0 Å². The summed E-state index contributed by atoms with van der Waals surface area (Å²) in [7, 11) is 1.81. The summed E-state index contributed by atoms with van der Waals surface area (Å²) in [5.41, 5.74) is 0.0304. The average molecular weight is 249 g/mol. The van der Waals surface area contributed by atoms with E-state index in [2.05, 4.69) is 12.2 Å². The van der Waals surface area contributed by atoms with Gasteiger partial charge in [0.15, 0.2) is 0 Å². The predicted molar refractivity (Wildman–Crippen MR) is 72.7 cm³/mol. The van der Waals surface area contributed by atoms with Crippen LogP contribution in [0.1, 0.15) is 32.6 Å². The lowest BCUT2D eigenvalue weighted by molar-refractivity contribution is -0.0340. The van der Waals surface area contributed by atoms with Gasteiger partial charge in [0, 0.05) is 13.2 Å². The second kappa shape index (κ2) is 6.21. The van der Waals surface area contributed by atoms with E-state index in [4.69, 9.17) is 9.47 Å². The van der Waals surface area contributed by atoms with E-state index >= 15 is 0 Å². The summed E-state index contributed by atoms with van der Waals surface area (Å²) in [4.78, 5) is 0. The topological polar surface area (TPSA) is 30.5 Å². The van der Waals surface area contributed by atoms with E-state index in [-0.39, 0.29) is 5.60 Å². The van der Waals surface area contributed by atoms with Crippen molar-refractivity contribution in [3.8, 4) is 5.75 Å². The molecule has 1 aliphatic carbocycles. The first kappa shape index (κ1) is 13.4. The molecule has 0 aromatic heterocycles. The number of rotatable bonds is 5. The Morgan fingerprint density at radius 2 is 2.11 bits per heavy atom. The molecule has 3 nitrogen and oxygen atoms in total. The maximum atomic E-state index is 5.66. The van der Waals surface area contributed by atoms with Gasteiger partial charge in [-0.25, -0.2) is 0 Å². The number of nitrogens with one attached hydrogen (secondary N) is 1. The molecule has 1 N–H and O–H groups in total. The van der Waals surface area contributed by atoms with Gasteiger partial charge in [-0.3, -0.25) is 5.32 Å². The van der Waals surface area contributed by atoms with E-state index in [9.17, 15) is 0 Å². The molecule has 0 saturated heterocycles. The van der Waals surface area contributed by atoms with Gasteiger partial charge in [-0.1, -0.05) is 18.2 Å². The van der Waals surface area contributed by atoms with E-state index in [0.29, 0.717) is 12.8 Å². The molecule has 0 heterocycles.